The smallest absolute Gasteiger partial charge is 0.387 e. The lowest BCUT2D eigenvalue weighted by molar-refractivity contribution is -0.0548. The van der Waals surface area contributed by atoms with E-state index >= 15 is 0 Å². The molecule has 45 heavy (non-hydrogen) atoms. The van der Waals surface area contributed by atoms with Crippen LogP contribution in [0.3, 0.4) is 0 Å². The van der Waals surface area contributed by atoms with Crippen LogP contribution in [-0.2, 0) is 40.8 Å². The second kappa shape index (κ2) is 13.3. The summed E-state index contributed by atoms with van der Waals surface area (Å²) in [7, 11) is -17.3. The lowest BCUT2D eigenvalue weighted by Gasteiger charge is -2.21. The molecule has 0 saturated carbocycles. The van der Waals surface area contributed by atoms with Gasteiger partial charge in [-0.25, -0.2) is 23.3 Å². The average Bonchev–Trinajstić information content (AvgIpc) is 3.35. The second-order valence-electron chi connectivity index (χ2n) is 9.31. The molecule has 2 aliphatic heterocycles. The van der Waals surface area contributed by atoms with Crippen LogP contribution in [0.25, 0.3) is 0 Å². The first-order valence-electron chi connectivity index (χ1n) is 12.2. The number of anilines is 1. The van der Waals surface area contributed by atoms with Crippen LogP contribution in [0.4, 0.5) is 5.82 Å². The lowest BCUT2D eigenvalue weighted by Crippen LogP contribution is -2.37. The average molecular weight is 709 g/mol. The molecule has 0 radical (unpaired) electrons. The number of hydrogen-bond donors (Lipinski definition) is 9. The highest BCUT2D eigenvalue weighted by atomic mass is 31.3. The quantitative estimate of drug-likeness (QED) is 0.0947. The topological polar surface area (TPSA) is 364 Å². The molecule has 2 saturated heterocycles. The van der Waals surface area contributed by atoms with Crippen LogP contribution in [-0.4, -0.2) is 104 Å². The van der Waals surface area contributed by atoms with E-state index < -0.39 is 103 Å². The molecule has 0 aromatic carbocycles. The van der Waals surface area contributed by atoms with Gasteiger partial charge in [-0.1, -0.05) is 0 Å². The summed E-state index contributed by atoms with van der Waals surface area (Å²) in [6.45, 7) is -2.23. The van der Waals surface area contributed by atoms with E-state index in [2.05, 4.69) is 22.7 Å². The molecule has 2 aromatic heterocycles. The number of rotatable bonds is 12. The van der Waals surface area contributed by atoms with Crippen molar-refractivity contribution < 1.29 is 75.9 Å². The predicted octanol–water partition coefficient (Wildman–Crippen LogP) is -4.02. The number of nitrogens with zero attached hydrogens (tertiary/aromatic N) is 3. The van der Waals surface area contributed by atoms with E-state index in [4.69, 9.17) is 15.2 Å². The third kappa shape index (κ3) is 8.47. The first-order chi connectivity index (χ1) is 20.8. The van der Waals surface area contributed by atoms with Crippen molar-refractivity contribution in [1.82, 2.24) is 19.1 Å². The molecule has 0 spiro atoms. The van der Waals surface area contributed by atoms with Gasteiger partial charge in [-0.15, -0.1) is 0 Å². The van der Waals surface area contributed by atoms with Crippen LogP contribution in [0.1, 0.15) is 12.5 Å². The summed E-state index contributed by atoms with van der Waals surface area (Å²) < 4.78 is 65.4. The van der Waals surface area contributed by atoms with Crippen LogP contribution < -0.4 is 22.7 Å². The van der Waals surface area contributed by atoms with E-state index in [1.807, 2.05) is 4.98 Å². The zero-order valence-electron chi connectivity index (χ0n) is 22.1. The molecular formula is C18H26N5O19P3. The highest BCUT2D eigenvalue weighted by Gasteiger charge is 2.48. The van der Waals surface area contributed by atoms with Crippen molar-refractivity contribution in [3.05, 3.63) is 55.8 Å². The maximum absolute atomic E-state index is 12.2. The summed E-state index contributed by atoms with van der Waals surface area (Å²) in [5.41, 5.74) is 2.58. The van der Waals surface area contributed by atoms with Crippen molar-refractivity contribution in [2.45, 2.75) is 49.1 Å². The van der Waals surface area contributed by atoms with Crippen LogP contribution in [0, 0.1) is 0 Å². The minimum atomic E-state index is -5.98. The molecule has 0 aliphatic carbocycles. The van der Waals surface area contributed by atoms with Gasteiger partial charge in [-0.2, -0.15) is 13.6 Å². The summed E-state index contributed by atoms with van der Waals surface area (Å²) in [5, 5.41) is 40.8. The van der Waals surface area contributed by atoms with E-state index in [1.165, 1.54) is 6.07 Å². The van der Waals surface area contributed by atoms with Gasteiger partial charge in [0.1, 0.15) is 42.4 Å². The predicted molar refractivity (Wildman–Crippen MR) is 140 cm³/mol. The Bertz CT molecular complexity index is 1710. The fourth-order valence-corrected chi connectivity index (χ4v) is 7.62. The van der Waals surface area contributed by atoms with Crippen LogP contribution in [0.2, 0.25) is 0 Å². The Morgan fingerprint density at radius 1 is 0.778 bits per heavy atom. The Morgan fingerprint density at radius 3 is 1.71 bits per heavy atom. The molecule has 11 atom stereocenters. The van der Waals surface area contributed by atoms with Gasteiger partial charge in [0.05, 0.1) is 13.2 Å². The number of H-pyrrole nitrogens is 1. The molecule has 10 N–H and O–H groups in total. The van der Waals surface area contributed by atoms with Crippen molar-refractivity contribution in [2.24, 2.45) is 0 Å². The monoisotopic (exact) mass is 709 g/mol. The highest BCUT2D eigenvalue weighted by Crippen LogP contribution is 2.67. The van der Waals surface area contributed by atoms with Crippen LogP contribution in [0.5, 0.6) is 0 Å². The van der Waals surface area contributed by atoms with Crippen molar-refractivity contribution in [1.29, 1.82) is 0 Å². The molecule has 2 fully saturated rings. The molecular weight excluding hydrogens is 683 g/mol. The van der Waals surface area contributed by atoms with Gasteiger partial charge >= 0.3 is 34.8 Å². The minimum Gasteiger partial charge on any atom is -0.387 e. The normalized spacial score (nSPS) is 32.5. The molecule has 2 aliphatic rings. The van der Waals surface area contributed by atoms with Gasteiger partial charge in [-0.05, 0) is 6.07 Å². The molecule has 24 nitrogen and oxygen atoms in total. The molecule has 0 amide bonds. The van der Waals surface area contributed by atoms with Crippen LogP contribution >= 0.6 is 23.5 Å². The standard InChI is InChI=1S/C18H26N5O19P3/c19-9-1-3-22(17(29)20-9)15-13(27)11(25)7(39-15)5-37-43(31,32)41-45(35,36)42-44(33,34)38-6-8-12(26)14(28)16(40-8)23-4-2-10(24)21-18(23)30/h1-4,7-8,11-16,25-28H,5-6H2,(H,31,32)(H,33,34)(H,35,36)(H2,19,20,29)(H,21,24,30)/t7-,8-,11-,12-,13+,14-,15-,16-/m1/s1. The third-order valence-corrected chi connectivity index (χ3v) is 10.4. The van der Waals surface area contributed by atoms with Crippen molar-refractivity contribution in [3.63, 3.8) is 0 Å². The first-order valence-corrected chi connectivity index (χ1v) is 16.7. The summed E-state index contributed by atoms with van der Waals surface area (Å²) in [6, 6.07) is 2.07. The number of nitrogens with two attached hydrogens (primary N) is 1. The van der Waals surface area contributed by atoms with Crippen molar-refractivity contribution >= 4 is 29.3 Å². The number of hydrogen-bond acceptors (Lipinski definition) is 18. The minimum absolute atomic E-state index is 0.159. The number of aromatic amines is 1. The van der Waals surface area contributed by atoms with E-state index in [1.54, 1.807) is 0 Å². The number of ether oxygens (including phenoxy) is 2. The molecule has 0 bridgehead atoms. The fraction of sp³-hybridized carbons (Fsp3) is 0.556. The van der Waals surface area contributed by atoms with Gasteiger partial charge in [0, 0.05) is 18.5 Å². The highest BCUT2D eigenvalue weighted by molar-refractivity contribution is 7.66. The Kier molecular flexibility index (Phi) is 10.5. The van der Waals surface area contributed by atoms with Gasteiger partial charge in [0.15, 0.2) is 12.5 Å². The molecule has 4 rings (SSSR count). The van der Waals surface area contributed by atoms with Gasteiger partial charge in [0.2, 0.25) is 0 Å². The molecule has 27 heteroatoms. The summed E-state index contributed by atoms with van der Waals surface area (Å²) in [5.74, 6) is -0.159. The molecule has 4 heterocycles. The molecule has 3 unspecified atom stereocenters. The summed E-state index contributed by atoms with van der Waals surface area (Å²) in [4.78, 5) is 69.9. The number of aliphatic hydroxyl groups excluding tert-OH is 4. The zero-order valence-corrected chi connectivity index (χ0v) is 24.8. The number of phosphoric acid groups is 3. The fourth-order valence-electron chi connectivity index (χ4n) is 4.10. The van der Waals surface area contributed by atoms with E-state index in [9.17, 15) is 63.2 Å². The third-order valence-electron chi connectivity index (χ3n) is 6.14. The number of aliphatic hydroxyl groups is 4. The zero-order chi connectivity index (χ0) is 33.5. The Balaban J connectivity index is 1.31. The molecule has 2 aromatic rings. The Morgan fingerprint density at radius 2 is 1.24 bits per heavy atom. The van der Waals surface area contributed by atoms with Gasteiger partial charge in [-0.3, -0.25) is 28.0 Å². The number of aromatic nitrogens is 4. The van der Waals surface area contributed by atoms with Crippen molar-refractivity contribution in [2.75, 3.05) is 18.9 Å². The summed E-state index contributed by atoms with van der Waals surface area (Å²) >= 11 is 0. The largest absolute Gasteiger partial charge is 0.490 e. The number of nitrogen functional groups attached to an aromatic ring is 1. The molecule has 252 valence electrons. The number of nitrogens with one attached hydrogen (secondary N) is 1. The van der Waals surface area contributed by atoms with E-state index in [0.29, 0.717) is 4.57 Å². The Hall–Kier alpha value is -2.47. The van der Waals surface area contributed by atoms with E-state index in [-0.39, 0.29) is 5.82 Å². The van der Waals surface area contributed by atoms with Crippen LogP contribution in [0.15, 0.2) is 38.9 Å². The van der Waals surface area contributed by atoms with Gasteiger partial charge in [0.25, 0.3) is 5.56 Å². The van der Waals surface area contributed by atoms with Gasteiger partial charge < -0.3 is 50.3 Å². The second-order valence-corrected chi connectivity index (χ2v) is 13.9. The summed E-state index contributed by atoms with van der Waals surface area (Å²) in [6.07, 6.45) is -11.8. The maximum atomic E-state index is 12.2. The SMILES string of the molecule is Nc1ccn([C@@H]2O[C@H](COP(=O)(O)OP(=O)(O)OP(=O)(O)OC[C@H]3O[C@@H](n4ccc(=O)[nH]c4=O)[C@H](O)[C@@H]3O)[C@@H](O)[C@@H]2O)c(=O)n1. The maximum Gasteiger partial charge on any atom is 0.490 e. The first kappa shape index (κ1) is 35.4. The van der Waals surface area contributed by atoms with Crippen molar-refractivity contribution in [3.8, 4) is 0 Å². The number of phosphoric ester groups is 2. The lowest BCUT2D eigenvalue weighted by atomic mass is 10.1. The Labute approximate surface area is 248 Å². The van der Waals surface area contributed by atoms with E-state index in [0.717, 1.165) is 23.0 Å².